The highest BCUT2D eigenvalue weighted by Crippen LogP contribution is 2.30. The summed E-state index contributed by atoms with van der Waals surface area (Å²) in [5, 5.41) is 5.99. The van der Waals surface area contributed by atoms with E-state index in [1.807, 2.05) is 18.2 Å². The largest absolute Gasteiger partial charge is 0.493 e. The zero-order chi connectivity index (χ0) is 17.5. The van der Waals surface area contributed by atoms with Crippen LogP contribution in [-0.2, 0) is 9.59 Å². The number of methoxy groups -OCH3 is 2. The molecule has 0 radical (unpaired) electrons. The Kier molecular flexibility index (Phi) is 6.28. The molecule has 7 heteroatoms. The van der Waals surface area contributed by atoms with E-state index >= 15 is 0 Å². The Labute approximate surface area is 142 Å². The van der Waals surface area contributed by atoms with Crippen molar-refractivity contribution in [3.05, 3.63) is 18.2 Å². The van der Waals surface area contributed by atoms with E-state index in [1.165, 1.54) is 6.92 Å². The van der Waals surface area contributed by atoms with Crippen LogP contribution in [0.5, 0.6) is 11.5 Å². The summed E-state index contributed by atoms with van der Waals surface area (Å²) in [4.78, 5) is 24.9. The lowest BCUT2D eigenvalue weighted by atomic mass is 10.0. The molecule has 1 aliphatic heterocycles. The van der Waals surface area contributed by atoms with Gasteiger partial charge in [0.1, 0.15) is 0 Å². The zero-order valence-corrected chi connectivity index (χ0v) is 14.4. The van der Waals surface area contributed by atoms with Crippen LogP contribution in [-0.4, -0.2) is 56.6 Å². The van der Waals surface area contributed by atoms with Gasteiger partial charge in [-0.2, -0.15) is 0 Å². The molecule has 1 fully saturated rings. The summed E-state index contributed by atoms with van der Waals surface area (Å²) >= 11 is 0. The lowest BCUT2D eigenvalue weighted by molar-refractivity contribution is -0.133. The van der Waals surface area contributed by atoms with Crippen LogP contribution in [0.25, 0.3) is 0 Å². The molecule has 0 unspecified atom stereocenters. The Hall–Kier alpha value is -2.44. The molecule has 2 rings (SSSR count). The molecule has 1 aromatic rings. The standard InChI is InChI=1S/C17H25N3O4/c1-12(21)18-10-17(22)20-8-4-5-14(11-20)19-13-6-7-15(23-2)16(9-13)24-3/h6-7,9,14,19H,4-5,8,10-11H2,1-3H3,(H,18,21)/t14-/m1/s1. The first-order valence-electron chi connectivity index (χ1n) is 8.04. The fraction of sp³-hybridized carbons (Fsp3) is 0.529. The maximum Gasteiger partial charge on any atom is 0.242 e. The summed E-state index contributed by atoms with van der Waals surface area (Å²) in [7, 11) is 3.20. The van der Waals surface area contributed by atoms with Gasteiger partial charge >= 0.3 is 0 Å². The predicted octanol–water partition coefficient (Wildman–Crippen LogP) is 1.24. The molecule has 0 bridgehead atoms. The number of amides is 2. The zero-order valence-electron chi connectivity index (χ0n) is 14.4. The normalized spacial score (nSPS) is 17.1. The van der Waals surface area contributed by atoms with Gasteiger partial charge in [-0.1, -0.05) is 0 Å². The Morgan fingerprint density at radius 1 is 1.25 bits per heavy atom. The maximum atomic E-state index is 12.1. The molecular formula is C17H25N3O4. The first-order chi connectivity index (χ1) is 11.5. The van der Waals surface area contributed by atoms with Crippen molar-refractivity contribution >= 4 is 17.5 Å². The number of rotatable bonds is 6. The highest BCUT2D eigenvalue weighted by molar-refractivity contribution is 5.83. The number of anilines is 1. The molecule has 1 atom stereocenters. The fourth-order valence-corrected chi connectivity index (χ4v) is 2.80. The van der Waals surface area contributed by atoms with E-state index in [4.69, 9.17) is 9.47 Å². The Bertz CT molecular complexity index is 591. The Balaban J connectivity index is 1.95. The average molecular weight is 335 g/mol. The summed E-state index contributed by atoms with van der Waals surface area (Å²) in [6.07, 6.45) is 1.91. The van der Waals surface area contributed by atoms with E-state index in [9.17, 15) is 9.59 Å². The van der Waals surface area contributed by atoms with E-state index in [0.29, 0.717) is 18.0 Å². The number of benzene rings is 1. The van der Waals surface area contributed by atoms with E-state index in [2.05, 4.69) is 10.6 Å². The van der Waals surface area contributed by atoms with E-state index < -0.39 is 0 Å². The molecule has 1 saturated heterocycles. The lowest BCUT2D eigenvalue weighted by Gasteiger charge is -2.33. The minimum Gasteiger partial charge on any atom is -0.493 e. The molecule has 7 nitrogen and oxygen atoms in total. The van der Waals surface area contributed by atoms with Gasteiger partial charge in [-0.15, -0.1) is 0 Å². The van der Waals surface area contributed by atoms with E-state index in [1.54, 1.807) is 19.1 Å². The summed E-state index contributed by atoms with van der Waals surface area (Å²) in [5.41, 5.74) is 0.925. The second kappa shape index (κ2) is 8.42. The van der Waals surface area contributed by atoms with Crippen LogP contribution in [0.15, 0.2) is 18.2 Å². The van der Waals surface area contributed by atoms with Gasteiger partial charge in [0, 0.05) is 37.8 Å². The number of nitrogens with zero attached hydrogens (tertiary/aromatic N) is 1. The molecule has 2 amide bonds. The molecule has 132 valence electrons. The highest BCUT2D eigenvalue weighted by atomic mass is 16.5. The third kappa shape index (κ3) is 4.78. The van der Waals surface area contributed by atoms with E-state index in [0.717, 1.165) is 25.1 Å². The molecule has 0 spiro atoms. The topological polar surface area (TPSA) is 79.9 Å². The van der Waals surface area contributed by atoms with Crippen molar-refractivity contribution in [1.29, 1.82) is 0 Å². The van der Waals surface area contributed by atoms with Crippen molar-refractivity contribution in [2.45, 2.75) is 25.8 Å². The van der Waals surface area contributed by atoms with Gasteiger partial charge in [0.25, 0.3) is 0 Å². The molecule has 2 N–H and O–H groups in total. The number of ether oxygens (including phenoxy) is 2. The lowest BCUT2D eigenvalue weighted by Crippen LogP contribution is -2.48. The van der Waals surface area contributed by atoms with Gasteiger partial charge < -0.3 is 25.0 Å². The molecule has 0 saturated carbocycles. The Morgan fingerprint density at radius 2 is 2.00 bits per heavy atom. The second-order valence-corrected chi connectivity index (χ2v) is 5.80. The van der Waals surface area contributed by atoms with Crippen LogP contribution < -0.4 is 20.1 Å². The molecule has 1 heterocycles. The monoisotopic (exact) mass is 335 g/mol. The van der Waals surface area contributed by atoms with Gasteiger partial charge in [0.15, 0.2) is 11.5 Å². The third-order valence-electron chi connectivity index (χ3n) is 4.02. The van der Waals surface area contributed by atoms with Crippen LogP contribution in [0, 0.1) is 0 Å². The first-order valence-corrected chi connectivity index (χ1v) is 8.04. The van der Waals surface area contributed by atoms with Crippen molar-refractivity contribution in [2.24, 2.45) is 0 Å². The third-order valence-corrected chi connectivity index (χ3v) is 4.02. The fourth-order valence-electron chi connectivity index (χ4n) is 2.80. The van der Waals surface area contributed by atoms with Crippen LogP contribution in [0.4, 0.5) is 5.69 Å². The van der Waals surface area contributed by atoms with Gasteiger partial charge in [0.05, 0.1) is 20.8 Å². The Morgan fingerprint density at radius 3 is 2.67 bits per heavy atom. The second-order valence-electron chi connectivity index (χ2n) is 5.80. The molecule has 1 aromatic carbocycles. The van der Waals surface area contributed by atoms with Gasteiger partial charge in [-0.3, -0.25) is 9.59 Å². The average Bonchev–Trinajstić information content (AvgIpc) is 2.59. The summed E-state index contributed by atoms with van der Waals surface area (Å²) in [6, 6.07) is 5.83. The summed E-state index contributed by atoms with van der Waals surface area (Å²) < 4.78 is 10.5. The van der Waals surface area contributed by atoms with Gasteiger partial charge in [-0.05, 0) is 25.0 Å². The number of nitrogens with one attached hydrogen (secondary N) is 2. The van der Waals surface area contributed by atoms with Crippen molar-refractivity contribution in [2.75, 3.05) is 39.2 Å². The van der Waals surface area contributed by atoms with Gasteiger partial charge in [0.2, 0.25) is 11.8 Å². The van der Waals surface area contributed by atoms with Crippen molar-refractivity contribution in [3.63, 3.8) is 0 Å². The number of piperidine rings is 1. The van der Waals surface area contributed by atoms with Crippen molar-refractivity contribution < 1.29 is 19.1 Å². The van der Waals surface area contributed by atoms with Crippen LogP contribution in [0.1, 0.15) is 19.8 Å². The smallest absolute Gasteiger partial charge is 0.242 e. The molecule has 24 heavy (non-hydrogen) atoms. The van der Waals surface area contributed by atoms with Crippen molar-refractivity contribution in [1.82, 2.24) is 10.2 Å². The predicted molar refractivity (Wildman–Crippen MR) is 91.5 cm³/mol. The maximum absolute atomic E-state index is 12.1. The quantitative estimate of drug-likeness (QED) is 0.818. The number of carbonyl (C=O) groups is 2. The SMILES string of the molecule is COc1ccc(N[C@@H]2CCCN(C(=O)CNC(C)=O)C2)cc1OC. The van der Waals surface area contributed by atoms with Crippen LogP contribution >= 0.6 is 0 Å². The van der Waals surface area contributed by atoms with Crippen LogP contribution in [0.2, 0.25) is 0 Å². The minimum absolute atomic E-state index is 0.0518. The van der Waals surface area contributed by atoms with E-state index in [-0.39, 0.29) is 24.4 Å². The van der Waals surface area contributed by atoms with Crippen LogP contribution in [0.3, 0.4) is 0 Å². The number of hydrogen-bond donors (Lipinski definition) is 2. The first kappa shape index (κ1) is 17.9. The number of carbonyl (C=O) groups excluding carboxylic acids is 2. The summed E-state index contributed by atoms with van der Waals surface area (Å²) in [6.45, 7) is 2.80. The number of hydrogen-bond acceptors (Lipinski definition) is 5. The van der Waals surface area contributed by atoms with Gasteiger partial charge in [-0.25, -0.2) is 0 Å². The molecule has 0 aliphatic carbocycles. The van der Waals surface area contributed by atoms with Crippen molar-refractivity contribution in [3.8, 4) is 11.5 Å². The molecule has 1 aliphatic rings. The minimum atomic E-state index is -0.194. The summed E-state index contributed by atoms with van der Waals surface area (Å²) in [5.74, 6) is 1.10. The number of likely N-dealkylation sites (tertiary alicyclic amines) is 1. The highest BCUT2D eigenvalue weighted by Gasteiger charge is 2.23. The molecule has 0 aromatic heterocycles. The molecular weight excluding hydrogens is 310 g/mol.